The maximum absolute atomic E-state index is 14.1. The van der Waals surface area contributed by atoms with E-state index in [0.29, 0.717) is 24.1 Å². The minimum Gasteiger partial charge on any atom is -0.392 e. The molecule has 2 saturated heterocycles. The molecular formula is C38H35F5N4O5. The number of rotatable bonds is 9. The number of ether oxygens (including phenoxy) is 2. The Bertz CT molecular complexity index is 2100. The molecule has 2 aliphatic heterocycles. The second kappa shape index (κ2) is 15.0. The van der Waals surface area contributed by atoms with E-state index < -0.39 is 46.8 Å². The van der Waals surface area contributed by atoms with Gasteiger partial charge in [0, 0.05) is 44.2 Å². The van der Waals surface area contributed by atoms with Gasteiger partial charge in [0.1, 0.15) is 5.56 Å². The number of likely N-dealkylation sites (tertiary alicyclic amines) is 1. The summed E-state index contributed by atoms with van der Waals surface area (Å²) in [4.78, 5) is 30.5. The van der Waals surface area contributed by atoms with E-state index in [-0.39, 0.29) is 37.1 Å². The third-order valence-corrected chi connectivity index (χ3v) is 9.76. The Morgan fingerprint density at radius 3 is 2.10 bits per heavy atom. The van der Waals surface area contributed by atoms with E-state index >= 15 is 0 Å². The zero-order valence-electron chi connectivity index (χ0n) is 27.8. The van der Waals surface area contributed by atoms with Crippen LogP contribution in [0.5, 0.6) is 0 Å². The predicted molar refractivity (Wildman–Crippen MR) is 180 cm³/mol. The normalized spacial score (nSPS) is 20.0. The maximum Gasteiger partial charge on any atom is 0.326 e. The van der Waals surface area contributed by atoms with Crippen LogP contribution in [0.2, 0.25) is 0 Å². The molecular weight excluding hydrogens is 687 g/mol. The molecule has 52 heavy (non-hydrogen) atoms. The zero-order valence-corrected chi connectivity index (χ0v) is 27.8. The number of aliphatic hydroxyl groups is 1. The van der Waals surface area contributed by atoms with Gasteiger partial charge in [0.15, 0.2) is 29.6 Å². The third kappa shape index (κ3) is 7.11. The van der Waals surface area contributed by atoms with Crippen LogP contribution < -0.4 is 11.0 Å². The number of piperidine rings is 1. The molecule has 0 radical (unpaired) electrons. The number of H-pyrrole nitrogens is 1. The summed E-state index contributed by atoms with van der Waals surface area (Å²) in [6, 6.07) is 21.9. The summed E-state index contributed by atoms with van der Waals surface area (Å²) in [5.41, 5.74) is 2.88. The Balaban J connectivity index is 1.03. The number of benzene rings is 4. The molecule has 4 aromatic carbocycles. The molecule has 14 heteroatoms. The molecule has 9 nitrogen and oxygen atoms in total. The second-order valence-electron chi connectivity index (χ2n) is 13.1. The number of hydrogen-bond acceptors (Lipinski definition) is 6. The Kier molecular flexibility index (Phi) is 10.2. The number of hydrogen-bond donors (Lipinski definition) is 3. The van der Waals surface area contributed by atoms with E-state index in [4.69, 9.17) is 9.47 Å². The summed E-state index contributed by atoms with van der Waals surface area (Å²) in [5.74, 6) is -12.6. The first-order valence-corrected chi connectivity index (χ1v) is 16.9. The summed E-state index contributed by atoms with van der Waals surface area (Å²) in [6.07, 6.45) is 0.818. The second-order valence-corrected chi connectivity index (χ2v) is 13.1. The number of halogens is 5. The van der Waals surface area contributed by atoms with Crippen LogP contribution in [-0.2, 0) is 22.6 Å². The highest BCUT2D eigenvalue weighted by Crippen LogP contribution is 2.39. The van der Waals surface area contributed by atoms with Crippen LogP contribution >= 0.6 is 0 Å². The van der Waals surface area contributed by atoms with Gasteiger partial charge in [-0.1, -0.05) is 60.7 Å². The number of amides is 1. The van der Waals surface area contributed by atoms with E-state index in [0.717, 1.165) is 48.1 Å². The molecule has 0 aliphatic carbocycles. The predicted octanol–water partition coefficient (Wildman–Crippen LogP) is 6.33. The topological polar surface area (TPSA) is 109 Å². The molecule has 3 N–H and O–H groups in total. The number of nitrogens with one attached hydrogen (secondary N) is 2. The minimum absolute atomic E-state index is 0.0698. The number of nitrogens with zero attached hydrogens (tertiary/aromatic N) is 2. The van der Waals surface area contributed by atoms with Crippen LogP contribution in [0.25, 0.3) is 11.0 Å². The molecule has 2 aliphatic rings. The van der Waals surface area contributed by atoms with Gasteiger partial charge in [-0.05, 0) is 41.7 Å². The van der Waals surface area contributed by atoms with Gasteiger partial charge in [0.2, 0.25) is 5.82 Å². The first-order valence-electron chi connectivity index (χ1n) is 16.9. The van der Waals surface area contributed by atoms with E-state index in [1.54, 1.807) is 24.3 Å². The van der Waals surface area contributed by atoms with Gasteiger partial charge in [0.05, 0.1) is 29.8 Å². The van der Waals surface area contributed by atoms with Gasteiger partial charge in [-0.25, -0.2) is 26.7 Å². The summed E-state index contributed by atoms with van der Waals surface area (Å²) in [5, 5.41) is 11.7. The average molecular weight is 723 g/mol. The minimum atomic E-state index is -2.34. The van der Waals surface area contributed by atoms with Crippen LogP contribution in [0.4, 0.5) is 22.0 Å². The molecule has 1 aromatic heterocycles. The van der Waals surface area contributed by atoms with Crippen molar-refractivity contribution in [2.45, 2.75) is 57.0 Å². The molecule has 3 atom stereocenters. The Hall–Kier alpha value is -4.89. The number of aromatic nitrogens is 2. The number of imidazole rings is 1. The fourth-order valence-corrected chi connectivity index (χ4v) is 6.99. The molecule has 3 heterocycles. The largest absolute Gasteiger partial charge is 0.392 e. The molecule has 5 aromatic rings. The van der Waals surface area contributed by atoms with Gasteiger partial charge < -0.3 is 29.8 Å². The first-order chi connectivity index (χ1) is 25.1. The van der Waals surface area contributed by atoms with Crippen LogP contribution in [0.1, 0.15) is 70.3 Å². The van der Waals surface area contributed by atoms with Gasteiger partial charge in [0.25, 0.3) is 5.91 Å². The van der Waals surface area contributed by atoms with Gasteiger partial charge in [-0.15, -0.1) is 0 Å². The number of para-hydroxylation sites is 2. The Morgan fingerprint density at radius 2 is 1.42 bits per heavy atom. The molecule has 2 fully saturated rings. The van der Waals surface area contributed by atoms with Crippen molar-refractivity contribution >= 4 is 16.9 Å². The van der Waals surface area contributed by atoms with Crippen LogP contribution in [0.15, 0.2) is 77.6 Å². The maximum atomic E-state index is 14.1. The highest BCUT2D eigenvalue weighted by Gasteiger charge is 2.35. The van der Waals surface area contributed by atoms with Crippen molar-refractivity contribution in [2.24, 2.45) is 0 Å². The van der Waals surface area contributed by atoms with Crippen molar-refractivity contribution in [3.8, 4) is 0 Å². The zero-order chi connectivity index (χ0) is 36.5. The number of fused-ring (bicyclic) bond motifs is 1. The van der Waals surface area contributed by atoms with E-state index in [1.807, 2.05) is 53.1 Å². The standard InChI is InChI=1S/C38H35F5N4O5/c39-31-30(32(40)34(42)35(43)33(31)41)36(49)44-18-21-5-11-24(12-6-21)37-51-26(17-29(52-37)23-9-7-22(20-48)8-10-23)19-46-15-13-25(14-16-46)47-28-4-2-1-3-27(28)45-38(47)50/h1-12,25-26,29,37,48H,13-20H2,(H,44,49)(H,45,50)/t26-,29+,37+/m0/s1. The molecule has 272 valence electrons. The molecule has 7 rings (SSSR count). The smallest absolute Gasteiger partial charge is 0.326 e. The van der Waals surface area contributed by atoms with Crippen molar-refractivity contribution in [3.05, 3.63) is 140 Å². The lowest BCUT2D eigenvalue weighted by Gasteiger charge is -2.40. The number of aliphatic hydroxyl groups excluding tert-OH is 1. The highest BCUT2D eigenvalue weighted by molar-refractivity contribution is 5.94. The molecule has 0 bridgehead atoms. The molecule has 0 saturated carbocycles. The van der Waals surface area contributed by atoms with Crippen molar-refractivity contribution in [3.63, 3.8) is 0 Å². The average Bonchev–Trinajstić information content (AvgIpc) is 3.51. The quantitative estimate of drug-likeness (QED) is 0.0933. The number of carbonyl (C=O) groups is 1. The summed E-state index contributed by atoms with van der Waals surface area (Å²) < 4.78 is 83.6. The molecule has 0 unspecified atom stereocenters. The first kappa shape index (κ1) is 35.5. The Morgan fingerprint density at radius 1 is 0.808 bits per heavy atom. The van der Waals surface area contributed by atoms with E-state index in [1.165, 1.54) is 0 Å². The number of carbonyl (C=O) groups excluding carboxylic acids is 1. The third-order valence-electron chi connectivity index (χ3n) is 9.76. The molecule has 1 amide bonds. The van der Waals surface area contributed by atoms with Gasteiger partial charge >= 0.3 is 5.69 Å². The van der Waals surface area contributed by atoms with Crippen LogP contribution in [0, 0.1) is 29.1 Å². The van der Waals surface area contributed by atoms with Crippen molar-refractivity contribution in [1.29, 1.82) is 0 Å². The lowest BCUT2D eigenvalue weighted by molar-refractivity contribution is -0.253. The molecule has 0 spiro atoms. The van der Waals surface area contributed by atoms with Gasteiger partial charge in [-0.3, -0.25) is 9.36 Å². The van der Waals surface area contributed by atoms with E-state index in [2.05, 4.69) is 15.2 Å². The van der Waals surface area contributed by atoms with Crippen LogP contribution in [0.3, 0.4) is 0 Å². The highest BCUT2D eigenvalue weighted by atomic mass is 19.2. The fourth-order valence-electron chi connectivity index (χ4n) is 6.99. The summed E-state index contributed by atoms with van der Waals surface area (Å²) >= 11 is 0. The summed E-state index contributed by atoms with van der Waals surface area (Å²) in [6.45, 7) is 1.82. The SMILES string of the molecule is O=C(NCc1ccc([C@@H]2O[C@H](CN3CCC(n4c(=O)[nH]c5ccccc54)CC3)C[C@H](c3ccc(CO)cc3)O2)cc1)c1c(F)c(F)c(F)c(F)c1F. The van der Waals surface area contributed by atoms with Crippen molar-refractivity contribution in [1.82, 2.24) is 19.8 Å². The lowest BCUT2D eigenvalue weighted by atomic mass is 9.98. The van der Waals surface area contributed by atoms with Crippen molar-refractivity contribution < 1.29 is 41.3 Å². The number of aromatic amines is 1. The van der Waals surface area contributed by atoms with Gasteiger partial charge in [-0.2, -0.15) is 0 Å². The van der Waals surface area contributed by atoms with E-state index in [9.17, 15) is 36.6 Å². The van der Waals surface area contributed by atoms with Crippen LogP contribution in [-0.4, -0.2) is 51.2 Å². The fraction of sp³-hybridized carbons (Fsp3) is 0.316. The lowest BCUT2D eigenvalue weighted by Crippen LogP contribution is -2.43. The monoisotopic (exact) mass is 722 g/mol. The Labute approximate surface area is 294 Å². The summed E-state index contributed by atoms with van der Waals surface area (Å²) in [7, 11) is 0. The van der Waals surface area contributed by atoms with Crippen molar-refractivity contribution in [2.75, 3.05) is 19.6 Å².